The summed E-state index contributed by atoms with van der Waals surface area (Å²) in [5, 5.41) is 0. The largest absolute Gasteiger partial charge is 0.372 e. The van der Waals surface area contributed by atoms with Crippen molar-refractivity contribution >= 4 is 5.78 Å². The molecule has 2 aliphatic rings. The van der Waals surface area contributed by atoms with Crippen LogP contribution in [0.1, 0.15) is 32.6 Å². The van der Waals surface area contributed by atoms with E-state index in [1.165, 1.54) is 25.0 Å². The molecular weight excluding hydrogens is 150 g/mol. The van der Waals surface area contributed by atoms with E-state index in [0.29, 0.717) is 11.8 Å². The Bertz CT molecular complexity index is 232. The van der Waals surface area contributed by atoms with Crippen molar-refractivity contribution in [3.8, 4) is 0 Å². The van der Waals surface area contributed by atoms with Crippen LogP contribution in [0.15, 0.2) is 11.8 Å². The Labute approximate surface area is 73.2 Å². The maximum absolute atomic E-state index is 11.2. The summed E-state index contributed by atoms with van der Waals surface area (Å²) < 4.78 is 0. The highest BCUT2D eigenvalue weighted by molar-refractivity contribution is 5.91. The minimum absolute atomic E-state index is 0.315. The van der Waals surface area contributed by atoms with E-state index in [4.69, 9.17) is 0 Å². The van der Waals surface area contributed by atoms with E-state index >= 15 is 0 Å². The van der Waals surface area contributed by atoms with E-state index in [9.17, 15) is 4.79 Å². The molecule has 0 aromatic carbocycles. The van der Waals surface area contributed by atoms with Gasteiger partial charge in [0.05, 0.1) is 0 Å². The Kier molecular flexibility index (Phi) is 1.91. The molecule has 0 N–H and O–H groups in total. The third-order valence-corrected chi connectivity index (χ3v) is 2.89. The van der Waals surface area contributed by atoms with E-state index in [2.05, 4.69) is 11.8 Å². The van der Waals surface area contributed by atoms with Crippen molar-refractivity contribution in [2.45, 2.75) is 38.6 Å². The Morgan fingerprint density at radius 1 is 1.50 bits per heavy atom. The Morgan fingerprint density at radius 2 is 2.33 bits per heavy atom. The summed E-state index contributed by atoms with van der Waals surface area (Å²) in [7, 11) is 0. The van der Waals surface area contributed by atoms with Gasteiger partial charge < -0.3 is 4.90 Å². The van der Waals surface area contributed by atoms with Crippen LogP contribution < -0.4 is 0 Å². The monoisotopic (exact) mass is 165 g/mol. The van der Waals surface area contributed by atoms with E-state index in [1.807, 2.05) is 0 Å². The first kappa shape index (κ1) is 7.84. The number of nitrogens with zero attached hydrogens (tertiary/aromatic N) is 1. The van der Waals surface area contributed by atoms with Gasteiger partial charge in [0.25, 0.3) is 0 Å². The molecule has 0 amide bonds. The summed E-state index contributed by atoms with van der Waals surface area (Å²) >= 11 is 0. The van der Waals surface area contributed by atoms with Crippen LogP contribution in [-0.4, -0.2) is 23.3 Å². The number of ketones is 1. The van der Waals surface area contributed by atoms with Crippen LogP contribution in [0.4, 0.5) is 0 Å². The Hall–Kier alpha value is -0.790. The number of allylic oxidation sites excluding steroid dienone is 2. The lowest BCUT2D eigenvalue weighted by Crippen LogP contribution is -2.42. The first-order valence-corrected chi connectivity index (χ1v) is 4.75. The fraction of sp³-hybridized carbons (Fsp3) is 0.700. The molecule has 0 aliphatic carbocycles. The first-order valence-electron chi connectivity index (χ1n) is 4.75. The van der Waals surface area contributed by atoms with Crippen molar-refractivity contribution in [2.24, 2.45) is 0 Å². The molecule has 0 radical (unpaired) electrons. The average molecular weight is 165 g/mol. The highest BCUT2D eigenvalue weighted by Gasteiger charge is 2.27. The summed E-state index contributed by atoms with van der Waals surface area (Å²) in [4.78, 5) is 13.6. The van der Waals surface area contributed by atoms with Crippen molar-refractivity contribution in [3.63, 3.8) is 0 Å². The summed E-state index contributed by atoms with van der Waals surface area (Å²) in [6, 6.07) is 0.524. The smallest absolute Gasteiger partial charge is 0.159 e. The van der Waals surface area contributed by atoms with Crippen molar-refractivity contribution in [3.05, 3.63) is 11.8 Å². The molecule has 0 aromatic rings. The molecule has 0 aromatic heterocycles. The van der Waals surface area contributed by atoms with Crippen LogP contribution in [0, 0.1) is 0 Å². The second-order valence-corrected chi connectivity index (χ2v) is 3.80. The van der Waals surface area contributed by atoms with Crippen molar-refractivity contribution < 1.29 is 4.79 Å². The number of carbonyl (C=O) groups is 1. The van der Waals surface area contributed by atoms with Crippen LogP contribution >= 0.6 is 0 Å². The maximum atomic E-state index is 11.2. The van der Waals surface area contributed by atoms with Crippen LogP contribution in [-0.2, 0) is 4.79 Å². The van der Waals surface area contributed by atoms with E-state index in [0.717, 1.165) is 13.0 Å². The van der Waals surface area contributed by atoms with E-state index in [-0.39, 0.29) is 0 Å². The minimum Gasteiger partial charge on any atom is -0.372 e. The summed E-state index contributed by atoms with van der Waals surface area (Å²) in [6.45, 7) is 3.20. The molecule has 66 valence electrons. The predicted octanol–water partition coefficient (Wildman–Crippen LogP) is 1.72. The average Bonchev–Trinajstić information content (AvgIpc) is 2.04. The zero-order valence-corrected chi connectivity index (χ0v) is 7.55. The van der Waals surface area contributed by atoms with Gasteiger partial charge in [-0.05, 0) is 26.2 Å². The molecule has 1 atom stereocenters. The zero-order valence-electron chi connectivity index (χ0n) is 7.55. The van der Waals surface area contributed by atoms with Gasteiger partial charge >= 0.3 is 0 Å². The predicted molar refractivity (Wildman–Crippen MR) is 47.7 cm³/mol. The molecule has 2 heteroatoms. The number of hydrogen-bond acceptors (Lipinski definition) is 2. The number of carbonyl (C=O) groups excluding carboxylic acids is 1. The van der Waals surface area contributed by atoms with Gasteiger partial charge in [0.15, 0.2) is 5.78 Å². The van der Waals surface area contributed by atoms with Gasteiger partial charge in [0, 0.05) is 30.8 Å². The number of fused-ring (bicyclic) bond motifs is 1. The molecule has 12 heavy (non-hydrogen) atoms. The second-order valence-electron chi connectivity index (χ2n) is 3.80. The minimum atomic E-state index is 0.315. The second kappa shape index (κ2) is 2.92. The van der Waals surface area contributed by atoms with Gasteiger partial charge in [-0.3, -0.25) is 4.79 Å². The molecule has 2 rings (SSSR count). The van der Waals surface area contributed by atoms with Crippen molar-refractivity contribution in [2.75, 3.05) is 6.54 Å². The van der Waals surface area contributed by atoms with Gasteiger partial charge in [-0.25, -0.2) is 0 Å². The van der Waals surface area contributed by atoms with Crippen LogP contribution in [0.5, 0.6) is 0 Å². The molecule has 2 nitrogen and oxygen atoms in total. The lowest BCUT2D eigenvalue weighted by molar-refractivity contribution is -0.116. The van der Waals surface area contributed by atoms with Crippen molar-refractivity contribution in [1.29, 1.82) is 0 Å². The molecular formula is C10H15NO. The molecule has 0 saturated carbocycles. The fourth-order valence-electron chi connectivity index (χ4n) is 2.28. The quantitative estimate of drug-likeness (QED) is 0.544. The molecule has 1 fully saturated rings. The topological polar surface area (TPSA) is 20.3 Å². The van der Waals surface area contributed by atoms with Gasteiger partial charge in [-0.15, -0.1) is 0 Å². The third kappa shape index (κ3) is 1.26. The van der Waals surface area contributed by atoms with E-state index < -0.39 is 0 Å². The number of hydrogen-bond donors (Lipinski definition) is 0. The standard InChI is InChI=1S/C10H15NO/c1-8-6-10(12)7-9-4-2-3-5-11(8)9/h6,9H,2-5,7H2,1H3. The zero-order chi connectivity index (χ0) is 8.55. The van der Waals surface area contributed by atoms with Gasteiger partial charge in [0.1, 0.15) is 0 Å². The lowest BCUT2D eigenvalue weighted by Gasteiger charge is -2.40. The summed E-state index contributed by atoms with van der Waals surface area (Å²) in [6.07, 6.45) is 6.33. The van der Waals surface area contributed by atoms with Crippen LogP contribution in [0.3, 0.4) is 0 Å². The van der Waals surface area contributed by atoms with Gasteiger partial charge in [-0.1, -0.05) is 0 Å². The van der Waals surface area contributed by atoms with E-state index in [1.54, 1.807) is 6.08 Å². The highest BCUT2D eigenvalue weighted by Crippen LogP contribution is 2.27. The van der Waals surface area contributed by atoms with Crippen LogP contribution in [0.25, 0.3) is 0 Å². The van der Waals surface area contributed by atoms with Crippen molar-refractivity contribution in [1.82, 2.24) is 4.90 Å². The molecule has 1 saturated heterocycles. The summed E-state index contributed by atoms with van der Waals surface area (Å²) in [5.41, 5.74) is 1.18. The van der Waals surface area contributed by atoms with Gasteiger partial charge in [-0.2, -0.15) is 0 Å². The van der Waals surface area contributed by atoms with Gasteiger partial charge in [0.2, 0.25) is 0 Å². The first-order chi connectivity index (χ1) is 5.77. The Balaban J connectivity index is 2.19. The molecule has 2 aliphatic heterocycles. The maximum Gasteiger partial charge on any atom is 0.159 e. The lowest BCUT2D eigenvalue weighted by atomic mass is 9.93. The normalized spacial score (nSPS) is 29.8. The fourth-order valence-corrected chi connectivity index (χ4v) is 2.28. The number of rotatable bonds is 0. The third-order valence-electron chi connectivity index (χ3n) is 2.89. The number of piperidine rings is 1. The molecule has 2 heterocycles. The molecule has 0 bridgehead atoms. The van der Waals surface area contributed by atoms with Crippen LogP contribution in [0.2, 0.25) is 0 Å². The molecule has 1 unspecified atom stereocenters. The Morgan fingerprint density at radius 3 is 3.17 bits per heavy atom. The summed E-state index contributed by atoms with van der Waals surface area (Å²) in [5.74, 6) is 0.315. The SMILES string of the molecule is CC1=CC(=O)CC2CCCCN12. The highest BCUT2D eigenvalue weighted by atomic mass is 16.1. The molecule has 0 spiro atoms.